The Hall–Kier alpha value is -3.29. The van der Waals surface area contributed by atoms with Crippen molar-refractivity contribution in [1.29, 1.82) is 0 Å². The summed E-state index contributed by atoms with van der Waals surface area (Å²) in [5, 5.41) is 6.64. The summed E-state index contributed by atoms with van der Waals surface area (Å²) < 4.78 is 18.3. The van der Waals surface area contributed by atoms with Crippen LogP contribution in [0.5, 0.6) is 0 Å². The van der Waals surface area contributed by atoms with Crippen LogP contribution in [0.4, 0.5) is 15.1 Å². The van der Waals surface area contributed by atoms with Crippen LogP contribution >= 0.6 is 0 Å². The van der Waals surface area contributed by atoms with Gasteiger partial charge in [-0.2, -0.15) is 0 Å². The molecule has 2 aromatic heterocycles. The number of carbonyl (C=O) groups excluding carboxylic acids is 1. The van der Waals surface area contributed by atoms with Gasteiger partial charge in [0.05, 0.1) is 11.4 Å². The summed E-state index contributed by atoms with van der Waals surface area (Å²) in [4.78, 5) is 23.4. The molecule has 0 unspecified atom stereocenters. The molecule has 0 radical (unpaired) electrons. The molecule has 3 aromatic rings. The summed E-state index contributed by atoms with van der Waals surface area (Å²) in [6.07, 6.45) is 3.28. The third-order valence-corrected chi connectivity index (χ3v) is 5.34. The van der Waals surface area contributed by atoms with Crippen LogP contribution in [0.15, 0.2) is 41.1 Å². The van der Waals surface area contributed by atoms with Crippen molar-refractivity contribution in [2.24, 2.45) is 0 Å². The van der Waals surface area contributed by atoms with Gasteiger partial charge in [0.15, 0.2) is 0 Å². The Morgan fingerprint density at radius 1 is 1.17 bits per heavy atom. The summed E-state index contributed by atoms with van der Waals surface area (Å²) in [6.45, 7) is 4.90. The smallest absolute Gasteiger partial charge is 0.324 e. The maximum atomic E-state index is 13.2. The highest BCUT2D eigenvalue weighted by Gasteiger charge is 2.26. The van der Waals surface area contributed by atoms with Gasteiger partial charge in [-0.1, -0.05) is 5.16 Å². The highest BCUT2D eigenvalue weighted by Crippen LogP contribution is 2.28. The zero-order valence-corrected chi connectivity index (χ0v) is 16.4. The van der Waals surface area contributed by atoms with E-state index >= 15 is 0 Å². The number of halogens is 1. The van der Waals surface area contributed by atoms with Gasteiger partial charge in [0.1, 0.15) is 11.6 Å². The molecule has 1 N–H and O–H groups in total. The van der Waals surface area contributed by atoms with Crippen LogP contribution in [0.25, 0.3) is 11.3 Å². The van der Waals surface area contributed by atoms with Crippen molar-refractivity contribution in [1.82, 2.24) is 20.0 Å². The minimum Gasteiger partial charge on any atom is -0.338 e. The van der Waals surface area contributed by atoms with Crippen LogP contribution in [0.2, 0.25) is 0 Å². The fourth-order valence-corrected chi connectivity index (χ4v) is 3.40. The maximum absolute atomic E-state index is 13.2. The highest BCUT2D eigenvalue weighted by molar-refractivity contribution is 5.88. The van der Waals surface area contributed by atoms with E-state index in [-0.39, 0.29) is 17.8 Å². The van der Waals surface area contributed by atoms with Gasteiger partial charge >= 0.3 is 6.03 Å². The van der Waals surface area contributed by atoms with Crippen molar-refractivity contribution < 1.29 is 13.7 Å². The summed E-state index contributed by atoms with van der Waals surface area (Å²) in [5.74, 6) is 1.05. The Balaban J connectivity index is 1.39. The lowest BCUT2D eigenvalue weighted by molar-refractivity contribution is 0.192. The Morgan fingerprint density at radius 3 is 2.55 bits per heavy atom. The molecule has 0 aliphatic carbocycles. The number of hydrogen-bond acceptors (Lipinski definition) is 5. The summed E-state index contributed by atoms with van der Waals surface area (Å²) in [7, 11) is 0. The monoisotopic (exact) mass is 395 g/mol. The number of aryl methyl sites for hydroxylation is 1. The van der Waals surface area contributed by atoms with Crippen molar-refractivity contribution in [2.45, 2.75) is 32.6 Å². The molecule has 0 atom stereocenters. The topological polar surface area (TPSA) is 84.2 Å². The zero-order valence-electron chi connectivity index (χ0n) is 16.4. The molecule has 3 heterocycles. The molecular formula is C21H22FN5O2. The average molecular weight is 395 g/mol. The summed E-state index contributed by atoms with van der Waals surface area (Å²) in [5.41, 5.74) is 3.22. The Kier molecular flexibility index (Phi) is 5.24. The number of anilines is 1. The molecule has 1 aliphatic rings. The number of nitrogens with zero attached hydrogens (tertiary/aromatic N) is 4. The lowest BCUT2D eigenvalue weighted by Gasteiger charge is -2.31. The van der Waals surface area contributed by atoms with Crippen LogP contribution in [-0.4, -0.2) is 39.1 Å². The Morgan fingerprint density at radius 2 is 1.90 bits per heavy atom. The van der Waals surface area contributed by atoms with Crippen LogP contribution in [-0.2, 0) is 0 Å². The SMILES string of the molecule is Cc1noc(NC(=O)N2CCC(c3nccc(-c4ccc(F)cc4)n3)CC2)c1C. The van der Waals surface area contributed by atoms with Gasteiger partial charge in [-0.05, 0) is 57.0 Å². The van der Waals surface area contributed by atoms with Crippen molar-refractivity contribution in [3.05, 3.63) is 59.4 Å². The van der Waals surface area contributed by atoms with Crippen LogP contribution in [0.3, 0.4) is 0 Å². The molecule has 8 heteroatoms. The first kappa shape index (κ1) is 19.0. The fraction of sp³-hybridized carbons (Fsp3) is 0.333. The normalized spacial score (nSPS) is 14.8. The second kappa shape index (κ2) is 7.98. The van der Waals surface area contributed by atoms with E-state index in [4.69, 9.17) is 4.52 Å². The van der Waals surface area contributed by atoms with Gasteiger partial charge in [-0.15, -0.1) is 0 Å². The second-order valence-corrected chi connectivity index (χ2v) is 7.22. The van der Waals surface area contributed by atoms with Crippen molar-refractivity contribution in [2.75, 3.05) is 18.4 Å². The number of aromatic nitrogens is 3. The zero-order chi connectivity index (χ0) is 20.4. The molecule has 4 rings (SSSR count). The van der Waals surface area contributed by atoms with E-state index in [1.807, 2.05) is 19.9 Å². The predicted octanol–water partition coefficient (Wildman–Crippen LogP) is 4.30. The van der Waals surface area contributed by atoms with E-state index in [0.29, 0.717) is 19.0 Å². The molecule has 0 bridgehead atoms. The van der Waals surface area contributed by atoms with E-state index in [1.54, 1.807) is 23.2 Å². The fourth-order valence-electron chi connectivity index (χ4n) is 3.40. The lowest BCUT2D eigenvalue weighted by atomic mass is 9.96. The number of nitrogens with one attached hydrogen (secondary N) is 1. The van der Waals surface area contributed by atoms with Gasteiger partial charge in [0.25, 0.3) is 0 Å². The van der Waals surface area contributed by atoms with E-state index in [1.165, 1.54) is 12.1 Å². The number of amides is 2. The molecule has 0 spiro atoms. The van der Waals surface area contributed by atoms with Crippen LogP contribution in [0.1, 0.15) is 35.8 Å². The third kappa shape index (κ3) is 4.11. The second-order valence-electron chi connectivity index (χ2n) is 7.22. The number of benzene rings is 1. The first-order valence-corrected chi connectivity index (χ1v) is 9.59. The quantitative estimate of drug-likeness (QED) is 0.715. The molecule has 1 aromatic carbocycles. The number of urea groups is 1. The molecule has 1 fully saturated rings. The third-order valence-electron chi connectivity index (χ3n) is 5.34. The Bertz CT molecular complexity index is 1010. The van der Waals surface area contributed by atoms with Gasteiger partial charge in [-0.3, -0.25) is 5.32 Å². The molecule has 1 aliphatic heterocycles. The minimum absolute atomic E-state index is 0.175. The van der Waals surface area contributed by atoms with Gasteiger partial charge < -0.3 is 9.42 Å². The molecule has 1 saturated heterocycles. The van der Waals surface area contributed by atoms with E-state index in [2.05, 4.69) is 20.4 Å². The van der Waals surface area contributed by atoms with Crippen LogP contribution < -0.4 is 5.32 Å². The largest absolute Gasteiger partial charge is 0.338 e. The highest BCUT2D eigenvalue weighted by atomic mass is 19.1. The number of hydrogen-bond donors (Lipinski definition) is 1. The van der Waals surface area contributed by atoms with Gasteiger partial charge in [0.2, 0.25) is 5.88 Å². The number of piperidine rings is 1. The van der Waals surface area contributed by atoms with E-state index < -0.39 is 0 Å². The van der Waals surface area contributed by atoms with Crippen molar-refractivity contribution in [3.8, 4) is 11.3 Å². The number of likely N-dealkylation sites (tertiary alicyclic amines) is 1. The van der Waals surface area contributed by atoms with Gasteiger partial charge in [-0.25, -0.2) is 19.2 Å². The number of carbonyl (C=O) groups is 1. The maximum Gasteiger partial charge on any atom is 0.324 e. The number of rotatable bonds is 3. The van der Waals surface area contributed by atoms with E-state index in [9.17, 15) is 9.18 Å². The summed E-state index contributed by atoms with van der Waals surface area (Å²) in [6, 6.07) is 7.89. The molecule has 0 saturated carbocycles. The molecule has 29 heavy (non-hydrogen) atoms. The van der Waals surface area contributed by atoms with Gasteiger partial charge in [0, 0.05) is 36.3 Å². The Labute approximate surface area is 168 Å². The van der Waals surface area contributed by atoms with Crippen molar-refractivity contribution in [3.63, 3.8) is 0 Å². The predicted molar refractivity (Wildman–Crippen MR) is 106 cm³/mol. The lowest BCUT2D eigenvalue weighted by Crippen LogP contribution is -2.40. The standard InChI is InChI=1S/C21H22FN5O2/c1-13-14(2)26-29-20(13)25-21(28)27-11-8-16(9-12-27)19-23-10-7-18(24-19)15-3-5-17(22)6-4-15/h3-7,10,16H,8-9,11-12H2,1-2H3,(H,25,28). The molecule has 2 amide bonds. The average Bonchev–Trinajstić information content (AvgIpc) is 3.06. The van der Waals surface area contributed by atoms with Crippen molar-refractivity contribution >= 4 is 11.9 Å². The van der Waals surface area contributed by atoms with E-state index in [0.717, 1.165) is 41.2 Å². The molecule has 150 valence electrons. The molecule has 7 nitrogen and oxygen atoms in total. The first-order valence-electron chi connectivity index (χ1n) is 9.59. The first-order chi connectivity index (χ1) is 14.0. The van der Waals surface area contributed by atoms with Crippen LogP contribution in [0, 0.1) is 19.7 Å². The minimum atomic E-state index is -0.274. The summed E-state index contributed by atoms with van der Waals surface area (Å²) >= 11 is 0. The molecular weight excluding hydrogens is 373 g/mol.